The van der Waals surface area contributed by atoms with Gasteiger partial charge in [-0.15, -0.1) is 0 Å². The van der Waals surface area contributed by atoms with Crippen LogP contribution in [0.1, 0.15) is 52.9 Å². The molecule has 1 N–H and O–H groups in total. The molecule has 33 heavy (non-hydrogen) atoms. The molecule has 3 aromatic rings. The molecular formula is C27H25ClN2O3. The lowest BCUT2D eigenvalue weighted by Crippen LogP contribution is -2.41. The molecule has 1 aliphatic heterocycles. The van der Waals surface area contributed by atoms with Crippen molar-refractivity contribution in [3.63, 3.8) is 0 Å². The molecular weight excluding hydrogens is 436 g/mol. The van der Waals surface area contributed by atoms with Crippen LogP contribution in [0.3, 0.4) is 0 Å². The summed E-state index contributed by atoms with van der Waals surface area (Å²) in [5.74, 6) is 0.440. The number of carbonyl (C=O) groups excluding carboxylic acids is 2. The number of fused-ring (bicyclic) bond motifs is 2. The highest BCUT2D eigenvalue weighted by Crippen LogP contribution is 2.38. The lowest BCUT2D eigenvalue weighted by Gasteiger charge is -2.35. The number of carbonyl (C=O) groups is 2. The number of ether oxygens (including phenoxy) is 1. The van der Waals surface area contributed by atoms with Crippen molar-refractivity contribution in [3.8, 4) is 5.75 Å². The van der Waals surface area contributed by atoms with Gasteiger partial charge < -0.3 is 15.0 Å². The highest BCUT2D eigenvalue weighted by Gasteiger charge is 2.35. The minimum atomic E-state index is -0.574. The summed E-state index contributed by atoms with van der Waals surface area (Å²) in [7, 11) is 0. The van der Waals surface area contributed by atoms with E-state index in [4.69, 9.17) is 16.3 Å². The molecule has 5 nitrogen and oxygen atoms in total. The topological polar surface area (TPSA) is 58.6 Å². The monoisotopic (exact) mass is 460 g/mol. The normalized spacial score (nSPS) is 19.7. The van der Waals surface area contributed by atoms with Crippen LogP contribution in [0.25, 0.3) is 0 Å². The SMILES string of the molecule is C[C@@H]1Oc2ccc(NC(=O)c3ccc(Cl)cc3)cc2CN([C@H]2CCCc3ccccc32)C1=O. The summed E-state index contributed by atoms with van der Waals surface area (Å²) in [6.07, 6.45) is 2.44. The predicted octanol–water partition coefficient (Wildman–Crippen LogP) is 5.78. The summed E-state index contributed by atoms with van der Waals surface area (Å²) < 4.78 is 6.02. The molecule has 2 atom stereocenters. The van der Waals surface area contributed by atoms with Gasteiger partial charge in [0.25, 0.3) is 11.8 Å². The molecule has 0 spiro atoms. The van der Waals surface area contributed by atoms with Crippen molar-refractivity contribution in [2.24, 2.45) is 0 Å². The number of amides is 2. The molecule has 2 amide bonds. The maximum Gasteiger partial charge on any atom is 0.264 e. The van der Waals surface area contributed by atoms with Crippen molar-refractivity contribution in [2.45, 2.75) is 44.9 Å². The van der Waals surface area contributed by atoms with Crippen LogP contribution in [0, 0.1) is 0 Å². The Morgan fingerprint density at radius 2 is 1.85 bits per heavy atom. The average molecular weight is 461 g/mol. The van der Waals surface area contributed by atoms with Gasteiger partial charge in [-0.1, -0.05) is 35.9 Å². The fraction of sp³-hybridized carbons (Fsp3) is 0.259. The first-order chi connectivity index (χ1) is 16.0. The maximum absolute atomic E-state index is 13.3. The van der Waals surface area contributed by atoms with Gasteiger partial charge in [0, 0.05) is 21.8 Å². The van der Waals surface area contributed by atoms with E-state index >= 15 is 0 Å². The summed E-state index contributed by atoms with van der Waals surface area (Å²) >= 11 is 5.93. The number of rotatable bonds is 3. The number of hydrogen-bond donors (Lipinski definition) is 1. The van der Waals surface area contributed by atoms with Crippen LogP contribution in [0.15, 0.2) is 66.7 Å². The zero-order chi connectivity index (χ0) is 22.9. The second-order valence-electron chi connectivity index (χ2n) is 8.62. The van der Waals surface area contributed by atoms with Crippen molar-refractivity contribution in [1.82, 2.24) is 4.90 Å². The number of aryl methyl sites for hydroxylation is 1. The van der Waals surface area contributed by atoms with Gasteiger partial charge in [0.15, 0.2) is 6.10 Å². The summed E-state index contributed by atoms with van der Waals surface area (Å²) in [6, 6.07) is 20.7. The number of anilines is 1. The van der Waals surface area contributed by atoms with Gasteiger partial charge in [-0.2, -0.15) is 0 Å². The predicted molar refractivity (Wildman–Crippen MR) is 129 cm³/mol. The summed E-state index contributed by atoms with van der Waals surface area (Å²) in [5.41, 5.74) is 4.59. The highest BCUT2D eigenvalue weighted by atomic mass is 35.5. The van der Waals surface area contributed by atoms with Crippen molar-refractivity contribution < 1.29 is 14.3 Å². The molecule has 0 bridgehead atoms. The third kappa shape index (κ3) is 4.33. The zero-order valence-electron chi connectivity index (χ0n) is 18.4. The fourth-order valence-electron chi connectivity index (χ4n) is 4.75. The third-order valence-corrected chi connectivity index (χ3v) is 6.67. The van der Waals surface area contributed by atoms with E-state index in [0.29, 0.717) is 28.6 Å². The largest absolute Gasteiger partial charge is 0.481 e. The molecule has 0 saturated carbocycles. The maximum atomic E-state index is 13.3. The second-order valence-corrected chi connectivity index (χ2v) is 9.05. The quantitative estimate of drug-likeness (QED) is 0.539. The van der Waals surface area contributed by atoms with E-state index in [9.17, 15) is 9.59 Å². The van der Waals surface area contributed by atoms with Crippen molar-refractivity contribution in [3.05, 3.63) is 94.0 Å². The number of nitrogens with one attached hydrogen (secondary N) is 1. The standard InChI is InChI=1S/C27H25ClN2O3/c1-17-27(32)30(24-8-4-6-18-5-2-3-7-23(18)24)16-20-15-22(13-14-25(20)33-17)29-26(31)19-9-11-21(28)12-10-19/h2-3,5,7,9-15,17,24H,4,6,8,16H2,1H3,(H,29,31)/t17-,24-/m0/s1. The van der Waals surface area contributed by atoms with E-state index in [1.807, 2.05) is 23.1 Å². The first-order valence-corrected chi connectivity index (χ1v) is 11.6. The average Bonchev–Trinajstić information content (AvgIpc) is 2.95. The van der Waals surface area contributed by atoms with E-state index in [0.717, 1.165) is 24.8 Å². The Morgan fingerprint density at radius 3 is 2.67 bits per heavy atom. The van der Waals surface area contributed by atoms with Crippen LogP contribution in [0.5, 0.6) is 5.75 Å². The lowest BCUT2D eigenvalue weighted by molar-refractivity contribution is -0.140. The third-order valence-electron chi connectivity index (χ3n) is 6.41. The van der Waals surface area contributed by atoms with Gasteiger partial charge in [-0.25, -0.2) is 0 Å². The van der Waals surface area contributed by atoms with Gasteiger partial charge in [-0.3, -0.25) is 9.59 Å². The Labute approximate surface area is 198 Å². The van der Waals surface area contributed by atoms with E-state index in [-0.39, 0.29) is 17.9 Å². The molecule has 0 saturated heterocycles. The lowest BCUT2D eigenvalue weighted by atomic mass is 9.86. The van der Waals surface area contributed by atoms with Gasteiger partial charge in [0.05, 0.1) is 12.6 Å². The van der Waals surface area contributed by atoms with Crippen molar-refractivity contribution >= 4 is 29.1 Å². The number of benzene rings is 3. The van der Waals surface area contributed by atoms with E-state index in [1.165, 1.54) is 11.1 Å². The smallest absolute Gasteiger partial charge is 0.264 e. The van der Waals surface area contributed by atoms with E-state index in [2.05, 4.69) is 23.5 Å². The first-order valence-electron chi connectivity index (χ1n) is 11.2. The summed E-state index contributed by atoms with van der Waals surface area (Å²) in [5, 5.41) is 3.52. The Hall–Kier alpha value is -3.31. The zero-order valence-corrected chi connectivity index (χ0v) is 19.1. The van der Waals surface area contributed by atoms with Crippen LogP contribution in [0.2, 0.25) is 5.02 Å². The molecule has 0 aromatic heterocycles. The minimum Gasteiger partial charge on any atom is -0.481 e. The van der Waals surface area contributed by atoms with E-state index in [1.54, 1.807) is 37.3 Å². The molecule has 0 radical (unpaired) electrons. The first kappa shape index (κ1) is 21.5. The summed E-state index contributed by atoms with van der Waals surface area (Å²) in [4.78, 5) is 27.9. The van der Waals surface area contributed by atoms with Gasteiger partial charge in [0.1, 0.15) is 5.75 Å². The van der Waals surface area contributed by atoms with Crippen LogP contribution >= 0.6 is 11.6 Å². The molecule has 168 valence electrons. The van der Waals surface area contributed by atoms with Crippen molar-refractivity contribution in [1.29, 1.82) is 0 Å². The molecule has 2 aliphatic rings. The molecule has 0 unspecified atom stereocenters. The summed E-state index contributed by atoms with van der Waals surface area (Å²) in [6.45, 7) is 2.23. The molecule has 6 heteroatoms. The molecule has 3 aromatic carbocycles. The van der Waals surface area contributed by atoms with Crippen molar-refractivity contribution in [2.75, 3.05) is 5.32 Å². The van der Waals surface area contributed by atoms with Crippen LogP contribution in [0.4, 0.5) is 5.69 Å². The molecule has 0 fully saturated rings. The Morgan fingerprint density at radius 1 is 1.06 bits per heavy atom. The molecule has 1 aliphatic carbocycles. The second kappa shape index (κ2) is 8.91. The number of halogens is 1. The van der Waals surface area contributed by atoms with Crippen LogP contribution < -0.4 is 10.1 Å². The fourth-order valence-corrected chi connectivity index (χ4v) is 4.88. The Balaban J connectivity index is 1.44. The van der Waals surface area contributed by atoms with Crippen LogP contribution in [-0.2, 0) is 17.8 Å². The Bertz CT molecular complexity index is 1210. The Kier molecular flexibility index (Phi) is 5.81. The number of nitrogens with zero attached hydrogens (tertiary/aromatic N) is 1. The number of hydrogen-bond acceptors (Lipinski definition) is 3. The van der Waals surface area contributed by atoms with Gasteiger partial charge >= 0.3 is 0 Å². The van der Waals surface area contributed by atoms with Gasteiger partial charge in [-0.05, 0) is 79.8 Å². The molecule has 5 rings (SSSR count). The van der Waals surface area contributed by atoms with Crippen LogP contribution in [-0.4, -0.2) is 22.8 Å². The highest BCUT2D eigenvalue weighted by molar-refractivity contribution is 6.30. The van der Waals surface area contributed by atoms with Gasteiger partial charge in [0.2, 0.25) is 0 Å². The molecule has 1 heterocycles. The van der Waals surface area contributed by atoms with E-state index < -0.39 is 6.10 Å². The minimum absolute atomic E-state index is 0.0142.